The highest BCUT2D eigenvalue weighted by molar-refractivity contribution is 7.89. The Kier molecular flexibility index (Phi) is 5.60. The van der Waals surface area contributed by atoms with Gasteiger partial charge in [-0.3, -0.25) is 4.90 Å². The lowest BCUT2D eigenvalue weighted by atomic mass is 9.77. The second-order valence-corrected chi connectivity index (χ2v) is 10.7. The van der Waals surface area contributed by atoms with Crippen LogP contribution < -0.4 is 0 Å². The number of hydrogen-bond acceptors (Lipinski definition) is 4. The number of ether oxygens (including phenoxy) is 1. The molecule has 0 bridgehead atoms. The molecule has 1 saturated carbocycles. The smallest absolute Gasteiger partial charge is 0.213 e. The van der Waals surface area contributed by atoms with Crippen molar-refractivity contribution < 1.29 is 13.2 Å². The van der Waals surface area contributed by atoms with Gasteiger partial charge in [-0.15, -0.1) is 0 Å². The Morgan fingerprint density at radius 2 is 1.83 bits per heavy atom. The minimum atomic E-state index is -3.03. The van der Waals surface area contributed by atoms with Gasteiger partial charge in [-0.05, 0) is 64.2 Å². The van der Waals surface area contributed by atoms with Gasteiger partial charge in [0.15, 0.2) is 0 Å². The van der Waals surface area contributed by atoms with E-state index in [0.29, 0.717) is 25.2 Å². The van der Waals surface area contributed by atoms with Gasteiger partial charge in [0.2, 0.25) is 10.0 Å². The van der Waals surface area contributed by atoms with Crippen LogP contribution in [-0.4, -0.2) is 68.3 Å². The van der Waals surface area contributed by atoms with Gasteiger partial charge in [0.1, 0.15) is 0 Å². The van der Waals surface area contributed by atoms with Crippen molar-refractivity contribution in [1.82, 2.24) is 9.21 Å². The molecule has 0 N–H and O–H groups in total. The summed E-state index contributed by atoms with van der Waals surface area (Å²) in [5, 5.41) is 0. The lowest BCUT2D eigenvalue weighted by Gasteiger charge is -2.39. The molecular weight excluding hydrogens is 324 g/mol. The van der Waals surface area contributed by atoms with Crippen LogP contribution >= 0.6 is 0 Å². The molecule has 0 aromatic heterocycles. The van der Waals surface area contributed by atoms with Crippen LogP contribution in [0.4, 0.5) is 0 Å². The van der Waals surface area contributed by atoms with E-state index in [2.05, 4.69) is 18.7 Å². The molecule has 0 aromatic rings. The van der Waals surface area contributed by atoms with Gasteiger partial charge in [-0.1, -0.05) is 0 Å². The van der Waals surface area contributed by atoms with Crippen molar-refractivity contribution in [3.8, 4) is 0 Å². The average molecular weight is 359 g/mol. The molecule has 24 heavy (non-hydrogen) atoms. The van der Waals surface area contributed by atoms with Crippen LogP contribution in [0.2, 0.25) is 0 Å². The largest absolute Gasteiger partial charge is 0.380 e. The molecule has 3 aliphatic rings. The summed E-state index contributed by atoms with van der Waals surface area (Å²) >= 11 is 0. The maximum atomic E-state index is 12.1. The van der Waals surface area contributed by atoms with Crippen molar-refractivity contribution in [2.24, 2.45) is 11.3 Å². The molecule has 1 spiro atoms. The van der Waals surface area contributed by atoms with E-state index >= 15 is 0 Å². The van der Waals surface area contributed by atoms with E-state index in [1.54, 1.807) is 11.2 Å². The second kappa shape index (κ2) is 7.22. The van der Waals surface area contributed by atoms with Crippen molar-refractivity contribution in [1.29, 1.82) is 0 Å². The SMILES string of the molecule is CCS(=O)(=O)N1CCC2(CC1)C[C@H](COCC1CC1)N(C(C)C)C2. The predicted molar refractivity (Wildman–Crippen MR) is 96.5 cm³/mol. The van der Waals surface area contributed by atoms with Gasteiger partial charge in [0.05, 0.1) is 12.4 Å². The normalized spacial score (nSPS) is 28.9. The molecule has 2 saturated heterocycles. The van der Waals surface area contributed by atoms with Crippen molar-refractivity contribution in [2.75, 3.05) is 38.6 Å². The molecule has 3 fully saturated rings. The van der Waals surface area contributed by atoms with Crippen LogP contribution in [0.1, 0.15) is 52.9 Å². The fraction of sp³-hybridized carbons (Fsp3) is 1.00. The maximum Gasteiger partial charge on any atom is 0.213 e. The average Bonchev–Trinajstić information content (AvgIpc) is 3.30. The highest BCUT2D eigenvalue weighted by atomic mass is 32.2. The first-order valence-corrected chi connectivity index (χ1v) is 11.3. The third-order valence-corrected chi connectivity index (χ3v) is 8.10. The summed E-state index contributed by atoms with van der Waals surface area (Å²) in [5.41, 5.74) is 0.289. The molecule has 6 heteroatoms. The minimum Gasteiger partial charge on any atom is -0.380 e. The third kappa shape index (κ3) is 4.14. The summed E-state index contributed by atoms with van der Waals surface area (Å²) in [5.74, 6) is 1.03. The van der Waals surface area contributed by atoms with E-state index in [9.17, 15) is 8.42 Å². The number of piperidine rings is 1. The Labute approximate surface area is 147 Å². The molecule has 2 aliphatic heterocycles. The van der Waals surface area contributed by atoms with Crippen molar-refractivity contribution in [3.05, 3.63) is 0 Å². The van der Waals surface area contributed by atoms with Crippen molar-refractivity contribution in [3.63, 3.8) is 0 Å². The predicted octanol–water partition coefficient (Wildman–Crippen LogP) is 2.33. The van der Waals surface area contributed by atoms with E-state index in [0.717, 1.165) is 44.9 Å². The van der Waals surface area contributed by atoms with Gasteiger partial charge < -0.3 is 4.74 Å². The van der Waals surface area contributed by atoms with Crippen molar-refractivity contribution in [2.45, 2.75) is 65.0 Å². The minimum absolute atomic E-state index is 0.218. The summed E-state index contributed by atoms with van der Waals surface area (Å²) in [6.07, 6.45) is 5.83. The molecule has 0 radical (unpaired) electrons. The Balaban J connectivity index is 1.58. The van der Waals surface area contributed by atoms with Crippen LogP contribution in [0, 0.1) is 11.3 Å². The third-order valence-electron chi connectivity index (χ3n) is 6.22. The monoisotopic (exact) mass is 358 g/mol. The van der Waals surface area contributed by atoms with E-state index in [1.165, 1.54) is 12.8 Å². The molecule has 5 nitrogen and oxygen atoms in total. The first-order chi connectivity index (χ1) is 11.4. The lowest BCUT2D eigenvalue weighted by Crippen LogP contribution is -2.45. The van der Waals surface area contributed by atoms with Gasteiger partial charge in [-0.25, -0.2) is 12.7 Å². The highest BCUT2D eigenvalue weighted by Crippen LogP contribution is 2.44. The van der Waals surface area contributed by atoms with E-state index in [4.69, 9.17) is 4.74 Å². The quantitative estimate of drug-likeness (QED) is 0.701. The number of likely N-dealkylation sites (tertiary alicyclic amines) is 1. The zero-order valence-electron chi connectivity index (χ0n) is 15.5. The summed E-state index contributed by atoms with van der Waals surface area (Å²) < 4.78 is 31.9. The first-order valence-electron chi connectivity index (χ1n) is 9.66. The number of sulfonamides is 1. The second-order valence-electron chi connectivity index (χ2n) is 8.40. The highest BCUT2D eigenvalue weighted by Gasteiger charge is 2.47. The summed E-state index contributed by atoms with van der Waals surface area (Å²) in [6.45, 7) is 10.5. The Morgan fingerprint density at radius 3 is 2.38 bits per heavy atom. The fourth-order valence-corrected chi connectivity index (χ4v) is 5.50. The van der Waals surface area contributed by atoms with Gasteiger partial charge in [0.25, 0.3) is 0 Å². The van der Waals surface area contributed by atoms with Crippen molar-refractivity contribution >= 4 is 10.0 Å². The lowest BCUT2D eigenvalue weighted by molar-refractivity contribution is 0.0601. The van der Waals surface area contributed by atoms with Crippen LogP contribution in [0.25, 0.3) is 0 Å². The van der Waals surface area contributed by atoms with Gasteiger partial charge >= 0.3 is 0 Å². The Bertz CT molecular complexity index is 522. The van der Waals surface area contributed by atoms with Crippen LogP contribution in [0.15, 0.2) is 0 Å². The number of hydrogen-bond donors (Lipinski definition) is 0. The summed E-state index contributed by atoms with van der Waals surface area (Å²) in [4.78, 5) is 2.59. The maximum absolute atomic E-state index is 12.1. The van der Waals surface area contributed by atoms with Gasteiger partial charge in [-0.2, -0.15) is 0 Å². The molecule has 1 aliphatic carbocycles. The van der Waals surface area contributed by atoms with Crippen LogP contribution in [0.5, 0.6) is 0 Å². The molecule has 3 rings (SSSR count). The molecule has 0 amide bonds. The molecule has 2 heterocycles. The van der Waals surface area contributed by atoms with E-state index < -0.39 is 10.0 Å². The molecule has 0 aromatic carbocycles. The van der Waals surface area contributed by atoms with E-state index in [1.807, 2.05) is 0 Å². The Hall–Kier alpha value is -0.170. The van der Waals surface area contributed by atoms with Crippen LogP contribution in [-0.2, 0) is 14.8 Å². The van der Waals surface area contributed by atoms with E-state index in [-0.39, 0.29) is 11.2 Å². The number of rotatable bonds is 7. The summed E-state index contributed by atoms with van der Waals surface area (Å²) in [7, 11) is -3.03. The fourth-order valence-electron chi connectivity index (χ4n) is 4.40. The molecule has 140 valence electrons. The first kappa shape index (κ1) is 18.6. The Morgan fingerprint density at radius 1 is 1.17 bits per heavy atom. The number of nitrogens with zero attached hydrogens (tertiary/aromatic N) is 2. The van der Waals surface area contributed by atoms with Gasteiger partial charge in [0, 0.05) is 38.3 Å². The summed E-state index contributed by atoms with van der Waals surface area (Å²) in [6, 6.07) is 1.02. The zero-order valence-corrected chi connectivity index (χ0v) is 16.4. The molecule has 0 unspecified atom stereocenters. The molecule has 1 atom stereocenters. The topological polar surface area (TPSA) is 49.9 Å². The standard InChI is InChI=1S/C18H34N2O3S/c1-4-24(21,22)19-9-7-18(8-10-19)11-17(20(14-18)15(2)3)13-23-12-16-5-6-16/h15-17H,4-14H2,1-3H3/t17-/m1/s1. The zero-order chi connectivity index (χ0) is 17.4. The molecular formula is C18H34N2O3S. The van der Waals surface area contributed by atoms with Crippen LogP contribution in [0.3, 0.4) is 0 Å².